The second-order valence-electron chi connectivity index (χ2n) is 12.3. The molecule has 1 aliphatic rings. The molecule has 2 rings (SSSR count). The maximum absolute atomic E-state index is 7.01. The molecule has 0 amide bonds. The van der Waals surface area contributed by atoms with Crippen LogP contribution in [0.5, 0.6) is 0 Å². The zero-order valence-corrected chi connectivity index (χ0v) is 30.9. The van der Waals surface area contributed by atoms with Gasteiger partial charge in [0.1, 0.15) is 0 Å². The van der Waals surface area contributed by atoms with E-state index in [1.54, 1.807) is 0 Å². The van der Waals surface area contributed by atoms with Crippen molar-refractivity contribution in [2.24, 2.45) is 0 Å². The maximum atomic E-state index is 7.01. The van der Waals surface area contributed by atoms with Gasteiger partial charge in [-0.3, -0.25) is 0 Å². The fraction of sp³-hybridized carbons (Fsp3) is 0.619. The van der Waals surface area contributed by atoms with Gasteiger partial charge in [-0.15, -0.1) is 0 Å². The topological polar surface area (TPSA) is 64.6 Å². The van der Waals surface area contributed by atoms with Crippen molar-refractivity contribution in [1.82, 2.24) is 0 Å². The van der Waals surface area contributed by atoms with Gasteiger partial charge in [-0.2, -0.15) is 0 Å². The highest BCUT2D eigenvalue weighted by Crippen LogP contribution is 2.35. The van der Waals surface area contributed by atoms with Gasteiger partial charge < -0.3 is 28.8 Å². The van der Waals surface area contributed by atoms with Crippen LogP contribution in [0.3, 0.4) is 0 Å². The molecule has 1 heterocycles. The molecule has 0 N–H and O–H groups in total. The van der Waals surface area contributed by atoms with Crippen molar-refractivity contribution in [3.05, 3.63) is 41.6 Å². The standard InChI is InChI=1S/C21H46O7Si7/c1-29(2,3)22-35(23-30(4,5)6,20-19-21-17-15-14-16-18-21)28-34(13)26-32(9,10)24-31(7,8)25-33(11,12)27-34/h14-20H,1-13H3. The Morgan fingerprint density at radius 1 is 0.629 bits per heavy atom. The van der Waals surface area contributed by atoms with E-state index in [9.17, 15) is 0 Å². The van der Waals surface area contributed by atoms with Crippen molar-refractivity contribution in [2.75, 3.05) is 0 Å². The fourth-order valence-corrected chi connectivity index (χ4v) is 35.8. The lowest BCUT2D eigenvalue weighted by molar-refractivity contribution is 0.151. The van der Waals surface area contributed by atoms with Crippen LogP contribution in [0.2, 0.25) is 85.1 Å². The van der Waals surface area contributed by atoms with E-state index in [4.69, 9.17) is 28.8 Å². The smallest absolute Gasteiger partial charge is 0.416 e. The summed E-state index contributed by atoms with van der Waals surface area (Å²) < 4.78 is 47.3. The average molecular weight is 607 g/mol. The van der Waals surface area contributed by atoms with Crippen LogP contribution in [0.15, 0.2) is 36.0 Å². The third kappa shape index (κ3) is 11.2. The molecule has 1 saturated heterocycles. The lowest BCUT2D eigenvalue weighted by Crippen LogP contribution is -2.70. The first-order valence-electron chi connectivity index (χ1n) is 12.2. The third-order valence-corrected chi connectivity index (χ3v) is 29.5. The summed E-state index contributed by atoms with van der Waals surface area (Å²) >= 11 is 0. The normalized spacial score (nSPS) is 22.5. The lowest BCUT2D eigenvalue weighted by Gasteiger charge is -2.49. The van der Waals surface area contributed by atoms with E-state index in [0.29, 0.717) is 0 Å². The first-order chi connectivity index (χ1) is 15.5. The van der Waals surface area contributed by atoms with Crippen molar-refractivity contribution in [1.29, 1.82) is 0 Å². The molecule has 200 valence electrons. The summed E-state index contributed by atoms with van der Waals surface area (Å²) in [6.07, 6.45) is 2.04. The molecule has 0 bridgehead atoms. The highest BCUT2D eigenvalue weighted by atomic mass is 28.6. The van der Waals surface area contributed by atoms with Gasteiger partial charge in [0, 0.05) is 6.55 Å². The Morgan fingerprint density at radius 3 is 1.43 bits per heavy atom. The summed E-state index contributed by atoms with van der Waals surface area (Å²) in [4.78, 5) is 0. The Balaban J connectivity index is 2.61. The van der Waals surface area contributed by atoms with Crippen molar-refractivity contribution in [3.63, 3.8) is 0 Å². The predicted molar refractivity (Wildman–Crippen MR) is 160 cm³/mol. The molecule has 1 aromatic rings. The third-order valence-electron chi connectivity index (χ3n) is 4.35. The molecule has 14 heteroatoms. The van der Waals surface area contributed by atoms with Gasteiger partial charge in [0.15, 0.2) is 16.6 Å². The average Bonchev–Trinajstić information content (AvgIpc) is 2.52. The molecular formula is C21H46O7Si7. The summed E-state index contributed by atoms with van der Waals surface area (Å²) in [5, 5.41) is 0. The lowest BCUT2D eigenvalue weighted by atomic mass is 10.2. The van der Waals surface area contributed by atoms with Gasteiger partial charge in [0.05, 0.1) is 0 Å². The molecule has 0 aliphatic carbocycles. The minimum absolute atomic E-state index is 1.06. The van der Waals surface area contributed by atoms with Gasteiger partial charge in [0.25, 0.3) is 0 Å². The highest BCUT2D eigenvalue weighted by Gasteiger charge is 2.59. The molecular weight excluding hydrogens is 561 g/mol. The predicted octanol–water partition coefficient (Wildman–Crippen LogP) is 6.65. The molecule has 0 aromatic heterocycles. The monoisotopic (exact) mass is 606 g/mol. The number of hydrogen-bond donors (Lipinski definition) is 0. The molecule has 0 atom stereocenters. The van der Waals surface area contributed by atoms with Crippen molar-refractivity contribution in [2.45, 2.75) is 85.1 Å². The first-order valence-corrected chi connectivity index (χ1v) is 31.5. The van der Waals surface area contributed by atoms with E-state index in [2.05, 4.69) is 64.5 Å². The van der Waals surface area contributed by atoms with E-state index < -0.39 is 59.9 Å². The van der Waals surface area contributed by atoms with Gasteiger partial charge in [-0.1, -0.05) is 36.4 Å². The zero-order valence-electron chi connectivity index (χ0n) is 23.9. The van der Waals surface area contributed by atoms with E-state index in [1.807, 2.05) is 62.7 Å². The summed E-state index contributed by atoms with van der Waals surface area (Å²) in [5.74, 6) is 0. The molecule has 0 spiro atoms. The molecule has 0 unspecified atom stereocenters. The van der Waals surface area contributed by atoms with Crippen molar-refractivity contribution < 1.29 is 28.8 Å². The van der Waals surface area contributed by atoms with Gasteiger partial charge in [-0.25, -0.2) is 0 Å². The Hall–Kier alpha value is 0.198. The Morgan fingerprint density at radius 2 is 1.03 bits per heavy atom. The van der Waals surface area contributed by atoms with Crippen LogP contribution < -0.4 is 0 Å². The fourth-order valence-electron chi connectivity index (χ4n) is 4.24. The van der Waals surface area contributed by atoms with Gasteiger partial charge in [-0.05, 0) is 89.8 Å². The summed E-state index contributed by atoms with van der Waals surface area (Å²) in [6, 6.07) is 10.1. The summed E-state index contributed by atoms with van der Waals surface area (Å²) in [6.45, 7) is 27.1. The van der Waals surface area contributed by atoms with E-state index in [1.165, 1.54) is 0 Å². The van der Waals surface area contributed by atoms with Crippen LogP contribution in [0.25, 0.3) is 6.08 Å². The minimum atomic E-state index is -3.41. The Bertz CT molecular complexity index is 842. The van der Waals surface area contributed by atoms with Crippen LogP contribution in [-0.4, -0.2) is 59.9 Å². The van der Waals surface area contributed by atoms with Crippen LogP contribution in [-0.2, 0) is 28.8 Å². The number of benzene rings is 1. The molecule has 7 nitrogen and oxygen atoms in total. The van der Waals surface area contributed by atoms with Crippen LogP contribution in [0.4, 0.5) is 0 Å². The summed E-state index contributed by atoms with van der Waals surface area (Å²) in [5.41, 5.74) is 3.08. The quantitative estimate of drug-likeness (QED) is 0.307. The van der Waals surface area contributed by atoms with Crippen molar-refractivity contribution >= 4 is 66.0 Å². The maximum Gasteiger partial charge on any atom is 0.501 e. The number of hydrogen-bond acceptors (Lipinski definition) is 7. The van der Waals surface area contributed by atoms with E-state index in [0.717, 1.165) is 5.56 Å². The molecule has 35 heavy (non-hydrogen) atoms. The second-order valence-corrected chi connectivity index (χ2v) is 38.2. The van der Waals surface area contributed by atoms with E-state index in [-0.39, 0.29) is 0 Å². The molecule has 0 saturated carbocycles. The summed E-state index contributed by atoms with van der Waals surface area (Å²) in [7, 11) is -18.6. The highest BCUT2D eigenvalue weighted by molar-refractivity contribution is 6.96. The van der Waals surface area contributed by atoms with Crippen LogP contribution >= 0.6 is 0 Å². The first kappa shape index (κ1) is 31.4. The SMILES string of the molecule is C[Si](C)(C)O[Si](C=Cc1ccccc1)(O[Si](C)(C)C)O[Si]1(C)O[Si](C)(C)O[Si](C)(C)O[Si](C)(C)O1. The Kier molecular flexibility index (Phi) is 9.65. The molecule has 1 aromatic carbocycles. The van der Waals surface area contributed by atoms with Crippen LogP contribution in [0, 0.1) is 0 Å². The largest absolute Gasteiger partial charge is 0.501 e. The van der Waals surface area contributed by atoms with Crippen LogP contribution in [0.1, 0.15) is 5.56 Å². The minimum Gasteiger partial charge on any atom is -0.416 e. The zero-order chi connectivity index (χ0) is 27.0. The van der Waals surface area contributed by atoms with E-state index >= 15 is 0 Å². The Labute approximate surface area is 220 Å². The molecule has 1 aliphatic heterocycles. The molecule has 0 radical (unpaired) electrons. The van der Waals surface area contributed by atoms with Gasteiger partial charge in [0.2, 0.25) is 0 Å². The number of rotatable bonds is 8. The molecule has 1 fully saturated rings. The van der Waals surface area contributed by atoms with Crippen molar-refractivity contribution in [3.8, 4) is 0 Å². The van der Waals surface area contributed by atoms with Gasteiger partial charge >= 0.3 is 43.3 Å². The second kappa shape index (κ2) is 10.8.